The summed E-state index contributed by atoms with van der Waals surface area (Å²) < 4.78 is 5.44. The van der Waals surface area contributed by atoms with Crippen molar-refractivity contribution in [3.05, 3.63) is 64.2 Å². The second-order valence-corrected chi connectivity index (χ2v) is 6.66. The van der Waals surface area contributed by atoms with E-state index >= 15 is 0 Å². The van der Waals surface area contributed by atoms with Crippen LogP contribution >= 0.6 is 11.6 Å². The highest BCUT2D eigenvalue weighted by molar-refractivity contribution is 6.32. The summed E-state index contributed by atoms with van der Waals surface area (Å²) in [4.78, 5) is 2.46. The summed E-state index contributed by atoms with van der Waals surface area (Å²) in [6.07, 6.45) is 2.32. The van der Waals surface area contributed by atoms with Crippen molar-refractivity contribution in [3.63, 3.8) is 0 Å². The van der Waals surface area contributed by atoms with Gasteiger partial charge in [0.25, 0.3) is 0 Å². The van der Waals surface area contributed by atoms with Crippen LogP contribution in [0.3, 0.4) is 0 Å². The molecule has 0 bridgehead atoms. The van der Waals surface area contributed by atoms with Gasteiger partial charge in [0.05, 0.1) is 12.1 Å². The summed E-state index contributed by atoms with van der Waals surface area (Å²) in [6.45, 7) is 3.27. The number of ether oxygens (including phenoxy) is 1. The molecule has 0 N–H and O–H groups in total. The molecule has 0 aliphatic heterocycles. The molecule has 23 heavy (non-hydrogen) atoms. The molecule has 0 heterocycles. The number of methoxy groups -OCH3 is 1. The van der Waals surface area contributed by atoms with Crippen molar-refractivity contribution in [2.24, 2.45) is 0 Å². The minimum Gasteiger partial charge on any atom is -0.495 e. The van der Waals surface area contributed by atoms with Gasteiger partial charge in [-0.15, -0.1) is 0 Å². The van der Waals surface area contributed by atoms with E-state index in [4.69, 9.17) is 16.3 Å². The molecule has 0 saturated carbocycles. The maximum Gasteiger partial charge on any atom is 0.137 e. The molecule has 2 unspecified atom stereocenters. The monoisotopic (exact) mass is 329 g/mol. The van der Waals surface area contributed by atoms with E-state index in [1.807, 2.05) is 6.07 Å². The normalized spacial score (nSPS) is 20.4. The van der Waals surface area contributed by atoms with Crippen LogP contribution in [0.1, 0.15) is 36.0 Å². The third-order valence-electron chi connectivity index (χ3n) is 5.08. The Balaban J connectivity index is 2.10. The van der Waals surface area contributed by atoms with Crippen molar-refractivity contribution in [3.8, 4) is 5.75 Å². The van der Waals surface area contributed by atoms with Crippen LogP contribution in [0.25, 0.3) is 0 Å². The molecule has 1 aliphatic rings. The number of hydrogen-bond acceptors (Lipinski definition) is 2. The molecular formula is C20H24ClNO. The number of benzene rings is 2. The van der Waals surface area contributed by atoms with Crippen molar-refractivity contribution in [1.29, 1.82) is 0 Å². The zero-order valence-corrected chi connectivity index (χ0v) is 14.8. The molecule has 0 radical (unpaired) electrons. The molecule has 1 aliphatic carbocycles. The summed E-state index contributed by atoms with van der Waals surface area (Å²) in [5.41, 5.74) is 4.18. The van der Waals surface area contributed by atoms with E-state index in [0.29, 0.717) is 17.0 Å². The third-order valence-corrected chi connectivity index (χ3v) is 5.40. The van der Waals surface area contributed by atoms with Crippen molar-refractivity contribution in [1.82, 2.24) is 4.90 Å². The first kappa shape index (κ1) is 16.4. The molecule has 0 fully saturated rings. The predicted octanol–water partition coefficient (Wildman–Crippen LogP) is 4.75. The number of nitrogens with zero attached hydrogens (tertiary/aromatic N) is 1. The van der Waals surface area contributed by atoms with Crippen LogP contribution in [0.4, 0.5) is 0 Å². The fourth-order valence-corrected chi connectivity index (χ4v) is 3.92. The maximum absolute atomic E-state index is 6.23. The first-order chi connectivity index (χ1) is 11.2. The number of likely N-dealkylation sites (N-methyl/N-ethyl adjacent to an activating group) is 1. The van der Waals surface area contributed by atoms with E-state index in [1.54, 1.807) is 7.11 Å². The molecule has 0 aromatic heterocycles. The molecular weight excluding hydrogens is 306 g/mol. The summed E-state index contributed by atoms with van der Waals surface area (Å²) in [6, 6.07) is 15.5. The Kier molecular flexibility index (Phi) is 4.93. The van der Waals surface area contributed by atoms with Gasteiger partial charge in [-0.05, 0) is 55.3 Å². The second kappa shape index (κ2) is 6.94. The van der Waals surface area contributed by atoms with Crippen molar-refractivity contribution in [2.45, 2.75) is 31.7 Å². The minimum absolute atomic E-state index is 0.357. The van der Waals surface area contributed by atoms with Gasteiger partial charge in [0, 0.05) is 12.0 Å². The second-order valence-electron chi connectivity index (χ2n) is 6.25. The van der Waals surface area contributed by atoms with Crippen molar-refractivity contribution < 1.29 is 4.74 Å². The van der Waals surface area contributed by atoms with Crippen LogP contribution in [0.2, 0.25) is 5.02 Å². The van der Waals surface area contributed by atoms with Gasteiger partial charge < -0.3 is 9.64 Å². The van der Waals surface area contributed by atoms with E-state index < -0.39 is 0 Å². The van der Waals surface area contributed by atoms with E-state index in [9.17, 15) is 0 Å². The largest absolute Gasteiger partial charge is 0.495 e. The van der Waals surface area contributed by atoms with E-state index in [2.05, 4.69) is 55.3 Å². The van der Waals surface area contributed by atoms with Crippen LogP contribution in [0.5, 0.6) is 5.75 Å². The number of fused-ring (bicyclic) bond motifs is 1. The topological polar surface area (TPSA) is 12.5 Å². The van der Waals surface area contributed by atoms with Gasteiger partial charge >= 0.3 is 0 Å². The molecule has 0 spiro atoms. The zero-order chi connectivity index (χ0) is 16.4. The Hall–Kier alpha value is -1.51. The van der Waals surface area contributed by atoms with Gasteiger partial charge in [0.1, 0.15) is 5.75 Å². The minimum atomic E-state index is 0.357. The smallest absolute Gasteiger partial charge is 0.137 e. The zero-order valence-electron chi connectivity index (χ0n) is 14.1. The predicted molar refractivity (Wildman–Crippen MR) is 96.7 cm³/mol. The molecule has 2 aromatic rings. The highest BCUT2D eigenvalue weighted by Gasteiger charge is 2.33. The van der Waals surface area contributed by atoms with Gasteiger partial charge in [0.2, 0.25) is 0 Å². The SMILES string of the molecule is CCN(C)C1CCc2ccccc2C1c1ccc(Cl)c(OC)c1. The molecule has 3 rings (SSSR count). The van der Waals surface area contributed by atoms with Gasteiger partial charge in [-0.25, -0.2) is 0 Å². The molecule has 122 valence electrons. The van der Waals surface area contributed by atoms with Crippen molar-refractivity contribution >= 4 is 11.6 Å². The average Bonchev–Trinajstić information content (AvgIpc) is 2.60. The first-order valence-corrected chi connectivity index (χ1v) is 8.65. The van der Waals surface area contributed by atoms with Crippen LogP contribution in [0.15, 0.2) is 42.5 Å². The van der Waals surface area contributed by atoms with Crippen LogP contribution < -0.4 is 4.74 Å². The highest BCUT2D eigenvalue weighted by Crippen LogP contribution is 2.41. The van der Waals surface area contributed by atoms with Crippen LogP contribution in [-0.2, 0) is 6.42 Å². The van der Waals surface area contributed by atoms with Gasteiger partial charge in [-0.3, -0.25) is 0 Å². The quantitative estimate of drug-likeness (QED) is 0.802. The third kappa shape index (κ3) is 3.11. The summed E-state index contributed by atoms with van der Waals surface area (Å²) >= 11 is 6.23. The standard InChI is InChI=1S/C20H24ClNO/c1-4-22(2)18-12-10-14-7-5-6-8-16(14)20(18)15-9-11-17(21)19(13-15)23-3/h5-9,11,13,18,20H,4,10,12H2,1-3H3. The lowest BCUT2D eigenvalue weighted by atomic mass is 9.75. The Morgan fingerprint density at radius 2 is 2.00 bits per heavy atom. The molecule has 2 nitrogen and oxygen atoms in total. The highest BCUT2D eigenvalue weighted by atomic mass is 35.5. The first-order valence-electron chi connectivity index (χ1n) is 8.27. The average molecular weight is 330 g/mol. The maximum atomic E-state index is 6.23. The Morgan fingerprint density at radius 3 is 2.74 bits per heavy atom. The van der Waals surface area contributed by atoms with Crippen LogP contribution in [-0.4, -0.2) is 31.6 Å². The van der Waals surface area contributed by atoms with Crippen LogP contribution in [0, 0.1) is 0 Å². The Labute approximate surface area is 144 Å². The van der Waals surface area contributed by atoms with E-state index in [1.165, 1.54) is 23.1 Å². The summed E-state index contributed by atoms with van der Waals surface area (Å²) in [7, 11) is 3.90. The number of aryl methyl sites for hydroxylation is 1. The molecule has 2 atom stereocenters. The molecule has 3 heteroatoms. The number of rotatable bonds is 4. The van der Waals surface area contributed by atoms with E-state index in [-0.39, 0.29) is 0 Å². The summed E-state index contributed by atoms with van der Waals surface area (Å²) in [5, 5.41) is 0.667. The fourth-order valence-electron chi connectivity index (χ4n) is 3.72. The molecule has 0 amide bonds. The van der Waals surface area contributed by atoms with Gasteiger partial charge in [0.15, 0.2) is 0 Å². The Bertz CT molecular complexity index is 685. The fraction of sp³-hybridized carbons (Fsp3) is 0.400. The molecule has 0 saturated heterocycles. The lowest BCUT2D eigenvalue weighted by molar-refractivity contribution is 0.213. The number of hydrogen-bond donors (Lipinski definition) is 0. The summed E-state index contributed by atoms with van der Waals surface area (Å²) in [5.74, 6) is 1.11. The molecule has 2 aromatic carbocycles. The number of halogens is 1. The van der Waals surface area contributed by atoms with E-state index in [0.717, 1.165) is 18.7 Å². The lowest BCUT2D eigenvalue weighted by Gasteiger charge is -2.39. The van der Waals surface area contributed by atoms with Crippen molar-refractivity contribution in [2.75, 3.05) is 20.7 Å². The van der Waals surface area contributed by atoms with Gasteiger partial charge in [-0.2, -0.15) is 0 Å². The lowest BCUT2D eigenvalue weighted by Crippen LogP contribution is -2.40. The Morgan fingerprint density at radius 1 is 1.22 bits per heavy atom. The van der Waals surface area contributed by atoms with Gasteiger partial charge in [-0.1, -0.05) is 48.9 Å².